The zero-order valence-electron chi connectivity index (χ0n) is 15.1. The van der Waals surface area contributed by atoms with Crippen LogP contribution in [0, 0.1) is 11.8 Å². The third kappa shape index (κ3) is 3.29. The van der Waals surface area contributed by atoms with Crippen LogP contribution in [0.2, 0.25) is 0 Å². The van der Waals surface area contributed by atoms with E-state index in [9.17, 15) is 14.4 Å². The molecule has 0 radical (unpaired) electrons. The summed E-state index contributed by atoms with van der Waals surface area (Å²) in [6, 6.07) is 0.250. The summed E-state index contributed by atoms with van der Waals surface area (Å²) < 4.78 is 0. The van der Waals surface area contributed by atoms with Gasteiger partial charge in [0.2, 0.25) is 11.8 Å². The fraction of sp³-hybridized carbons (Fsp3) is 0.684. The van der Waals surface area contributed by atoms with E-state index in [1.54, 1.807) is 0 Å². The van der Waals surface area contributed by atoms with Gasteiger partial charge in [0, 0.05) is 31.3 Å². The molecule has 1 aliphatic heterocycles. The highest BCUT2D eigenvalue weighted by atomic mass is 32.1. The Balaban J connectivity index is 1.46. The molecule has 2 fully saturated rings. The minimum Gasteiger partial charge on any atom is -0.340 e. The molecule has 1 N–H and O–H groups in total. The fourth-order valence-electron chi connectivity index (χ4n) is 4.10. The number of anilines is 1. The molecule has 4 rings (SSSR count). The minimum absolute atomic E-state index is 0.00423. The van der Waals surface area contributed by atoms with E-state index in [4.69, 9.17) is 0 Å². The van der Waals surface area contributed by atoms with Crippen LogP contribution in [-0.4, -0.2) is 40.1 Å². The molecule has 1 saturated heterocycles. The van der Waals surface area contributed by atoms with Gasteiger partial charge < -0.3 is 10.2 Å². The molecule has 7 heteroatoms. The zero-order chi connectivity index (χ0) is 18.3. The van der Waals surface area contributed by atoms with Gasteiger partial charge in [-0.3, -0.25) is 14.4 Å². The Morgan fingerprint density at radius 2 is 1.92 bits per heavy atom. The van der Waals surface area contributed by atoms with Crippen LogP contribution in [0.15, 0.2) is 0 Å². The SMILES string of the molecule is C[C@H]1CCCCN1C(=O)[C@H]1CC(=O)c2sc(NC(=O)C3CCC3)nc2C1. The van der Waals surface area contributed by atoms with Crippen LogP contribution in [0.25, 0.3) is 0 Å². The molecule has 2 atom stereocenters. The number of Topliss-reactive ketones (excluding diaryl/α,β-unsaturated/α-hetero) is 1. The van der Waals surface area contributed by atoms with Gasteiger partial charge in [0.1, 0.15) is 0 Å². The lowest BCUT2D eigenvalue weighted by molar-refractivity contribution is -0.139. The largest absolute Gasteiger partial charge is 0.340 e. The van der Waals surface area contributed by atoms with Gasteiger partial charge >= 0.3 is 0 Å². The molecule has 0 aromatic carbocycles. The number of nitrogens with one attached hydrogen (secondary N) is 1. The van der Waals surface area contributed by atoms with E-state index >= 15 is 0 Å². The maximum Gasteiger partial charge on any atom is 0.229 e. The average Bonchev–Trinajstić information content (AvgIpc) is 2.96. The highest BCUT2D eigenvalue weighted by Gasteiger charge is 2.37. The van der Waals surface area contributed by atoms with Crippen molar-refractivity contribution in [3.8, 4) is 0 Å². The highest BCUT2D eigenvalue weighted by Crippen LogP contribution is 2.35. The van der Waals surface area contributed by atoms with E-state index in [0.29, 0.717) is 22.1 Å². The van der Waals surface area contributed by atoms with Gasteiger partial charge in [0.25, 0.3) is 0 Å². The van der Waals surface area contributed by atoms with Crippen LogP contribution < -0.4 is 5.32 Å². The van der Waals surface area contributed by atoms with Crippen molar-refractivity contribution in [2.45, 2.75) is 64.3 Å². The second-order valence-electron chi connectivity index (χ2n) is 7.82. The summed E-state index contributed by atoms with van der Waals surface area (Å²) in [4.78, 5) is 44.6. The number of carbonyl (C=O) groups excluding carboxylic acids is 3. The Morgan fingerprint density at radius 1 is 1.12 bits per heavy atom. The van der Waals surface area contributed by atoms with Gasteiger partial charge in [0.05, 0.1) is 16.5 Å². The van der Waals surface area contributed by atoms with Gasteiger partial charge in [-0.1, -0.05) is 17.8 Å². The lowest BCUT2D eigenvalue weighted by Gasteiger charge is -2.36. The first-order valence-electron chi connectivity index (χ1n) is 9.67. The summed E-state index contributed by atoms with van der Waals surface area (Å²) in [7, 11) is 0. The van der Waals surface area contributed by atoms with Crippen LogP contribution in [0.1, 0.15) is 67.2 Å². The van der Waals surface area contributed by atoms with Gasteiger partial charge in [0.15, 0.2) is 10.9 Å². The van der Waals surface area contributed by atoms with E-state index in [2.05, 4.69) is 17.2 Å². The Hall–Kier alpha value is -1.76. The van der Waals surface area contributed by atoms with Crippen LogP contribution in [0.5, 0.6) is 0 Å². The molecule has 0 bridgehead atoms. The molecule has 3 aliphatic rings. The molecule has 1 aromatic rings. The number of thiazole rings is 1. The topological polar surface area (TPSA) is 79.4 Å². The molecule has 2 amide bonds. The summed E-state index contributed by atoms with van der Waals surface area (Å²) in [5.74, 6) is -0.154. The Labute approximate surface area is 157 Å². The molecule has 2 heterocycles. The predicted octanol–water partition coefficient (Wildman–Crippen LogP) is 3.03. The summed E-state index contributed by atoms with van der Waals surface area (Å²) in [6.07, 6.45) is 6.95. The average molecular weight is 375 g/mol. The van der Waals surface area contributed by atoms with Crippen molar-refractivity contribution in [2.75, 3.05) is 11.9 Å². The number of piperidine rings is 1. The van der Waals surface area contributed by atoms with Gasteiger partial charge in [-0.15, -0.1) is 0 Å². The Bertz CT molecular complexity index is 740. The number of ketones is 1. The molecular formula is C19H25N3O3S. The smallest absolute Gasteiger partial charge is 0.229 e. The fourth-order valence-corrected chi connectivity index (χ4v) is 5.04. The Morgan fingerprint density at radius 3 is 2.62 bits per heavy atom. The van der Waals surface area contributed by atoms with E-state index < -0.39 is 0 Å². The van der Waals surface area contributed by atoms with Crippen molar-refractivity contribution >= 4 is 34.1 Å². The normalized spacial score (nSPS) is 26.2. The molecular weight excluding hydrogens is 350 g/mol. The van der Waals surface area contributed by atoms with Gasteiger partial charge in [-0.25, -0.2) is 4.98 Å². The van der Waals surface area contributed by atoms with Crippen molar-refractivity contribution in [2.24, 2.45) is 11.8 Å². The first kappa shape index (κ1) is 17.6. The zero-order valence-corrected chi connectivity index (χ0v) is 15.9. The summed E-state index contributed by atoms with van der Waals surface area (Å²) in [5.41, 5.74) is 0.679. The third-order valence-corrected chi connectivity index (χ3v) is 7.02. The lowest BCUT2D eigenvalue weighted by atomic mass is 9.85. The number of carbonyl (C=O) groups is 3. The second kappa shape index (κ2) is 7.10. The summed E-state index contributed by atoms with van der Waals surface area (Å²) in [6.45, 7) is 2.88. The van der Waals surface area contributed by atoms with Gasteiger partial charge in [-0.05, 0) is 39.0 Å². The van der Waals surface area contributed by atoms with E-state index in [-0.39, 0.29) is 41.9 Å². The van der Waals surface area contributed by atoms with Crippen molar-refractivity contribution < 1.29 is 14.4 Å². The molecule has 2 aliphatic carbocycles. The number of hydrogen-bond acceptors (Lipinski definition) is 5. The van der Waals surface area contributed by atoms with Crippen LogP contribution in [0.4, 0.5) is 5.13 Å². The van der Waals surface area contributed by atoms with E-state index in [1.165, 1.54) is 11.3 Å². The minimum atomic E-state index is -0.312. The molecule has 6 nitrogen and oxygen atoms in total. The standard InChI is InChI=1S/C19H25N3O3S/c1-11-5-2-3-8-22(11)18(25)13-9-14-16(15(23)10-13)26-19(20-14)21-17(24)12-6-4-7-12/h11-13H,2-10H2,1H3,(H,20,21,24)/t11-,13+/m0/s1. The number of fused-ring (bicyclic) bond motifs is 1. The maximum absolute atomic E-state index is 12.9. The first-order chi connectivity index (χ1) is 12.5. The van der Waals surface area contributed by atoms with Crippen LogP contribution >= 0.6 is 11.3 Å². The molecule has 26 heavy (non-hydrogen) atoms. The number of nitrogens with zero attached hydrogens (tertiary/aromatic N) is 2. The molecule has 0 spiro atoms. The monoisotopic (exact) mass is 375 g/mol. The van der Waals surface area contributed by atoms with Crippen LogP contribution in [0.3, 0.4) is 0 Å². The van der Waals surface area contributed by atoms with Gasteiger partial charge in [-0.2, -0.15) is 0 Å². The molecule has 1 aromatic heterocycles. The highest BCUT2D eigenvalue weighted by molar-refractivity contribution is 7.17. The second-order valence-corrected chi connectivity index (χ2v) is 8.82. The van der Waals surface area contributed by atoms with Crippen molar-refractivity contribution in [1.29, 1.82) is 0 Å². The number of amides is 2. The number of aromatic nitrogens is 1. The number of hydrogen-bond donors (Lipinski definition) is 1. The molecule has 0 unspecified atom stereocenters. The lowest BCUT2D eigenvalue weighted by Crippen LogP contribution is -2.46. The van der Waals surface area contributed by atoms with Crippen molar-refractivity contribution in [3.63, 3.8) is 0 Å². The Kier molecular flexibility index (Phi) is 4.82. The third-order valence-electron chi connectivity index (χ3n) is 5.96. The predicted molar refractivity (Wildman–Crippen MR) is 99.3 cm³/mol. The summed E-state index contributed by atoms with van der Waals surface area (Å²) >= 11 is 1.26. The van der Waals surface area contributed by atoms with E-state index in [1.807, 2.05) is 4.90 Å². The first-order valence-corrected chi connectivity index (χ1v) is 10.5. The quantitative estimate of drug-likeness (QED) is 0.881. The number of likely N-dealkylation sites (tertiary alicyclic amines) is 1. The maximum atomic E-state index is 12.9. The summed E-state index contributed by atoms with van der Waals surface area (Å²) in [5, 5.41) is 3.36. The van der Waals surface area contributed by atoms with Crippen LogP contribution in [-0.2, 0) is 16.0 Å². The molecule has 1 saturated carbocycles. The molecule has 140 valence electrons. The van der Waals surface area contributed by atoms with Crippen molar-refractivity contribution in [1.82, 2.24) is 9.88 Å². The van der Waals surface area contributed by atoms with E-state index in [0.717, 1.165) is 45.1 Å². The number of rotatable bonds is 3. The van der Waals surface area contributed by atoms with Crippen molar-refractivity contribution in [3.05, 3.63) is 10.6 Å².